The number of ether oxygens (including phenoxy) is 1. The van der Waals surface area contributed by atoms with E-state index >= 15 is 0 Å². The Labute approximate surface area is 95.5 Å². The van der Waals surface area contributed by atoms with Crippen LogP contribution in [0, 0.1) is 0 Å². The van der Waals surface area contributed by atoms with Gasteiger partial charge in [0.15, 0.2) is 0 Å². The van der Waals surface area contributed by atoms with Crippen LogP contribution in [0.15, 0.2) is 30.3 Å². The topological polar surface area (TPSA) is 34.1 Å². The molecular formula is C13H16N2O. The summed E-state index contributed by atoms with van der Waals surface area (Å²) in [4.78, 5) is 4.58. The van der Waals surface area contributed by atoms with Gasteiger partial charge >= 0.3 is 0 Å². The molecule has 2 aromatic rings. The summed E-state index contributed by atoms with van der Waals surface area (Å²) in [6, 6.07) is 10.0. The average molecular weight is 216 g/mol. The van der Waals surface area contributed by atoms with Crippen molar-refractivity contribution < 1.29 is 4.74 Å². The first-order valence-corrected chi connectivity index (χ1v) is 5.48. The summed E-state index contributed by atoms with van der Waals surface area (Å²) in [5.41, 5.74) is 1.99. The molecule has 2 rings (SSSR count). The van der Waals surface area contributed by atoms with Gasteiger partial charge in [-0.25, -0.2) is 0 Å². The predicted molar refractivity (Wildman–Crippen MR) is 65.7 cm³/mol. The highest BCUT2D eigenvalue weighted by Gasteiger charge is 2.04. The number of rotatable bonds is 4. The third-order valence-electron chi connectivity index (χ3n) is 2.51. The lowest BCUT2D eigenvalue weighted by Gasteiger charge is -2.08. The highest BCUT2D eigenvalue weighted by molar-refractivity contribution is 5.85. The van der Waals surface area contributed by atoms with Crippen LogP contribution in [0.25, 0.3) is 10.9 Å². The zero-order valence-electron chi connectivity index (χ0n) is 9.66. The Bertz CT molecular complexity index is 482. The highest BCUT2D eigenvalue weighted by atomic mass is 16.5. The summed E-state index contributed by atoms with van der Waals surface area (Å²) in [6.45, 7) is 3.80. The molecule has 3 heteroatoms. The minimum atomic E-state index is 0.775. The lowest BCUT2D eigenvalue weighted by Crippen LogP contribution is -2.13. The Morgan fingerprint density at radius 3 is 2.88 bits per heavy atom. The lowest BCUT2D eigenvalue weighted by molar-refractivity contribution is 0.418. The Morgan fingerprint density at radius 2 is 2.12 bits per heavy atom. The predicted octanol–water partition coefficient (Wildman–Crippen LogP) is 2.35. The molecule has 1 aromatic carbocycles. The van der Waals surface area contributed by atoms with E-state index < -0.39 is 0 Å². The summed E-state index contributed by atoms with van der Waals surface area (Å²) in [5.74, 6) is 0.888. The largest absolute Gasteiger partial charge is 0.496 e. The number of hydrogen-bond donors (Lipinski definition) is 1. The third-order valence-corrected chi connectivity index (χ3v) is 2.51. The van der Waals surface area contributed by atoms with Gasteiger partial charge in [0.25, 0.3) is 0 Å². The van der Waals surface area contributed by atoms with Crippen molar-refractivity contribution in [3.8, 4) is 5.75 Å². The van der Waals surface area contributed by atoms with E-state index in [4.69, 9.17) is 4.74 Å². The van der Waals surface area contributed by atoms with Gasteiger partial charge in [-0.05, 0) is 18.7 Å². The first-order valence-electron chi connectivity index (χ1n) is 5.48. The minimum absolute atomic E-state index is 0.775. The van der Waals surface area contributed by atoms with Gasteiger partial charge in [0.1, 0.15) is 5.75 Å². The van der Waals surface area contributed by atoms with Gasteiger partial charge in [-0.2, -0.15) is 0 Å². The Kier molecular flexibility index (Phi) is 3.37. The number of hydrogen-bond acceptors (Lipinski definition) is 3. The van der Waals surface area contributed by atoms with E-state index in [9.17, 15) is 0 Å². The van der Waals surface area contributed by atoms with Crippen LogP contribution in [-0.2, 0) is 6.54 Å². The molecule has 0 spiro atoms. The van der Waals surface area contributed by atoms with Crippen LogP contribution in [0.2, 0.25) is 0 Å². The monoisotopic (exact) mass is 216 g/mol. The maximum Gasteiger partial charge on any atom is 0.130 e. The smallest absolute Gasteiger partial charge is 0.130 e. The molecule has 0 bridgehead atoms. The van der Waals surface area contributed by atoms with Crippen LogP contribution >= 0.6 is 0 Å². The van der Waals surface area contributed by atoms with Gasteiger partial charge in [0.2, 0.25) is 0 Å². The number of pyridine rings is 1. The van der Waals surface area contributed by atoms with E-state index in [1.165, 1.54) is 0 Å². The Hall–Kier alpha value is -1.61. The molecule has 0 atom stereocenters. The molecule has 1 heterocycles. The number of fused-ring (bicyclic) bond motifs is 1. The maximum absolute atomic E-state index is 5.38. The van der Waals surface area contributed by atoms with Crippen molar-refractivity contribution in [2.24, 2.45) is 0 Å². The van der Waals surface area contributed by atoms with Crippen LogP contribution in [0.3, 0.4) is 0 Å². The van der Waals surface area contributed by atoms with Crippen LogP contribution in [-0.4, -0.2) is 18.6 Å². The summed E-state index contributed by atoms with van der Waals surface area (Å²) in [6.07, 6.45) is 0. The van der Waals surface area contributed by atoms with Crippen molar-refractivity contribution in [3.63, 3.8) is 0 Å². The van der Waals surface area contributed by atoms with Crippen LogP contribution in [0.5, 0.6) is 5.75 Å². The van der Waals surface area contributed by atoms with E-state index in [0.717, 1.165) is 35.4 Å². The second kappa shape index (κ2) is 4.94. The van der Waals surface area contributed by atoms with Gasteiger partial charge in [0.05, 0.1) is 18.3 Å². The van der Waals surface area contributed by atoms with E-state index in [0.29, 0.717) is 0 Å². The second-order valence-corrected chi connectivity index (χ2v) is 3.61. The van der Waals surface area contributed by atoms with Crippen molar-refractivity contribution in [2.75, 3.05) is 13.7 Å². The summed E-state index contributed by atoms with van der Waals surface area (Å²) in [5, 5.41) is 4.32. The summed E-state index contributed by atoms with van der Waals surface area (Å²) >= 11 is 0. The second-order valence-electron chi connectivity index (χ2n) is 3.61. The molecule has 0 aliphatic heterocycles. The van der Waals surface area contributed by atoms with Gasteiger partial charge in [0, 0.05) is 18.0 Å². The molecule has 3 nitrogen and oxygen atoms in total. The molecule has 0 amide bonds. The first kappa shape index (κ1) is 10.9. The SMILES string of the molecule is CCNCc1cc(OC)c2ccccc2n1. The molecule has 1 N–H and O–H groups in total. The van der Waals surface area contributed by atoms with Crippen molar-refractivity contribution in [2.45, 2.75) is 13.5 Å². The fraction of sp³-hybridized carbons (Fsp3) is 0.308. The van der Waals surface area contributed by atoms with Crippen LogP contribution in [0.1, 0.15) is 12.6 Å². The standard InChI is InChI=1S/C13H16N2O/c1-3-14-9-10-8-13(16-2)11-6-4-5-7-12(11)15-10/h4-8,14H,3,9H2,1-2H3. The van der Waals surface area contributed by atoms with Crippen molar-refractivity contribution >= 4 is 10.9 Å². The molecule has 0 fully saturated rings. The van der Waals surface area contributed by atoms with Crippen LogP contribution in [0.4, 0.5) is 0 Å². The number of aromatic nitrogens is 1. The third kappa shape index (κ3) is 2.14. The molecule has 0 saturated heterocycles. The van der Waals surface area contributed by atoms with Crippen molar-refractivity contribution in [3.05, 3.63) is 36.0 Å². The molecule has 0 radical (unpaired) electrons. The number of nitrogens with one attached hydrogen (secondary N) is 1. The van der Waals surface area contributed by atoms with Crippen LogP contribution < -0.4 is 10.1 Å². The normalized spacial score (nSPS) is 10.6. The number of methoxy groups -OCH3 is 1. The Balaban J connectivity index is 2.46. The minimum Gasteiger partial charge on any atom is -0.496 e. The zero-order chi connectivity index (χ0) is 11.4. The molecule has 16 heavy (non-hydrogen) atoms. The Morgan fingerprint density at radius 1 is 1.31 bits per heavy atom. The molecule has 0 aliphatic carbocycles. The quantitative estimate of drug-likeness (QED) is 0.851. The molecule has 0 saturated carbocycles. The van der Waals surface area contributed by atoms with E-state index in [1.807, 2.05) is 30.3 Å². The zero-order valence-corrected chi connectivity index (χ0v) is 9.66. The fourth-order valence-corrected chi connectivity index (χ4v) is 1.71. The molecule has 84 valence electrons. The molecule has 0 unspecified atom stereocenters. The van der Waals surface area contributed by atoms with E-state index in [-0.39, 0.29) is 0 Å². The first-order chi connectivity index (χ1) is 7.85. The van der Waals surface area contributed by atoms with Crippen molar-refractivity contribution in [1.29, 1.82) is 0 Å². The summed E-state index contributed by atoms with van der Waals surface area (Å²) in [7, 11) is 1.69. The number of para-hydroxylation sites is 1. The maximum atomic E-state index is 5.38. The molecular weight excluding hydrogens is 200 g/mol. The summed E-state index contributed by atoms with van der Waals surface area (Å²) < 4.78 is 5.38. The van der Waals surface area contributed by atoms with Gasteiger partial charge in [-0.1, -0.05) is 19.1 Å². The van der Waals surface area contributed by atoms with Gasteiger partial charge < -0.3 is 10.1 Å². The lowest BCUT2D eigenvalue weighted by atomic mass is 10.2. The molecule has 1 aromatic heterocycles. The number of nitrogens with zero attached hydrogens (tertiary/aromatic N) is 1. The van der Waals surface area contributed by atoms with E-state index in [1.54, 1.807) is 7.11 Å². The molecule has 0 aliphatic rings. The van der Waals surface area contributed by atoms with E-state index in [2.05, 4.69) is 17.2 Å². The van der Waals surface area contributed by atoms with Gasteiger partial charge in [-0.3, -0.25) is 4.98 Å². The number of benzene rings is 1. The fourth-order valence-electron chi connectivity index (χ4n) is 1.71. The highest BCUT2D eigenvalue weighted by Crippen LogP contribution is 2.24. The average Bonchev–Trinajstić information content (AvgIpc) is 2.35. The van der Waals surface area contributed by atoms with Gasteiger partial charge in [-0.15, -0.1) is 0 Å². The van der Waals surface area contributed by atoms with Crippen molar-refractivity contribution in [1.82, 2.24) is 10.3 Å².